The molecule has 1 heterocycles. The maximum atomic E-state index is 11.5. The van der Waals surface area contributed by atoms with Crippen molar-refractivity contribution in [3.63, 3.8) is 0 Å². The lowest BCUT2D eigenvalue weighted by Gasteiger charge is -2.09. The Balaban J connectivity index is 2.56. The number of hydrogen-bond donors (Lipinski definition) is 1. The molecule has 0 radical (unpaired) electrons. The smallest absolute Gasteiger partial charge is 0.250 e. The van der Waals surface area contributed by atoms with E-state index in [1.165, 1.54) is 0 Å². The zero-order chi connectivity index (χ0) is 12.1. The van der Waals surface area contributed by atoms with Crippen LogP contribution in [0.1, 0.15) is 19.5 Å². The largest absolute Gasteiger partial charge is 0.369 e. The van der Waals surface area contributed by atoms with Gasteiger partial charge in [-0.15, -0.1) is 0 Å². The third-order valence-corrected chi connectivity index (χ3v) is 2.32. The summed E-state index contributed by atoms with van der Waals surface area (Å²) in [5.41, 5.74) is 1.48. The fourth-order valence-corrected chi connectivity index (χ4v) is 1.49. The topological polar surface area (TPSA) is 51.2 Å². The van der Waals surface area contributed by atoms with E-state index < -0.39 is 0 Å². The van der Waals surface area contributed by atoms with Crippen molar-refractivity contribution >= 4 is 27.5 Å². The quantitative estimate of drug-likeness (QED) is 0.866. The van der Waals surface area contributed by atoms with Gasteiger partial charge in [0.25, 0.3) is 0 Å². The molecule has 5 heteroatoms. The Kier molecular flexibility index (Phi) is 4.89. The Bertz CT molecular complexity index is 380. The van der Waals surface area contributed by atoms with Crippen LogP contribution in [0.5, 0.6) is 0 Å². The van der Waals surface area contributed by atoms with Gasteiger partial charge in [0.1, 0.15) is 11.2 Å². The number of pyridine rings is 1. The van der Waals surface area contributed by atoms with Crippen molar-refractivity contribution in [1.29, 1.82) is 0 Å². The molecule has 16 heavy (non-hydrogen) atoms. The van der Waals surface area contributed by atoms with Gasteiger partial charge < -0.3 is 10.1 Å². The van der Waals surface area contributed by atoms with E-state index >= 15 is 0 Å². The SMILES string of the molecule is Cc1nc(Br)ccc1NC(=O)COC(C)C. The normalized spacial score (nSPS) is 10.6. The first-order chi connectivity index (χ1) is 7.49. The third kappa shape index (κ3) is 4.28. The van der Waals surface area contributed by atoms with Crippen LogP contribution in [-0.4, -0.2) is 23.6 Å². The second-order valence-electron chi connectivity index (χ2n) is 3.67. The van der Waals surface area contributed by atoms with E-state index in [4.69, 9.17) is 4.74 Å². The summed E-state index contributed by atoms with van der Waals surface area (Å²) in [6.45, 7) is 5.68. The Hall–Kier alpha value is -0.940. The first kappa shape index (κ1) is 13.1. The minimum Gasteiger partial charge on any atom is -0.369 e. The number of amides is 1. The minimum atomic E-state index is -0.166. The Morgan fingerprint density at radius 2 is 2.25 bits per heavy atom. The van der Waals surface area contributed by atoms with Crippen LogP contribution in [0.2, 0.25) is 0 Å². The number of halogens is 1. The van der Waals surface area contributed by atoms with Crippen LogP contribution in [0.15, 0.2) is 16.7 Å². The summed E-state index contributed by atoms with van der Waals surface area (Å²) < 4.78 is 5.95. The standard InChI is InChI=1S/C11H15BrN2O2/c1-7(2)16-6-11(15)14-9-4-5-10(12)13-8(9)3/h4-5,7H,6H2,1-3H3,(H,14,15). The van der Waals surface area contributed by atoms with Crippen molar-refractivity contribution in [3.05, 3.63) is 22.4 Å². The van der Waals surface area contributed by atoms with E-state index in [0.717, 1.165) is 10.3 Å². The highest BCUT2D eigenvalue weighted by atomic mass is 79.9. The van der Waals surface area contributed by atoms with Crippen molar-refractivity contribution in [2.45, 2.75) is 26.9 Å². The highest BCUT2D eigenvalue weighted by Crippen LogP contribution is 2.15. The lowest BCUT2D eigenvalue weighted by molar-refractivity contribution is -0.121. The zero-order valence-electron chi connectivity index (χ0n) is 9.58. The summed E-state index contributed by atoms with van der Waals surface area (Å²) in [6, 6.07) is 3.59. The van der Waals surface area contributed by atoms with Crippen molar-refractivity contribution < 1.29 is 9.53 Å². The second kappa shape index (κ2) is 5.96. The summed E-state index contributed by atoms with van der Waals surface area (Å²) in [5.74, 6) is -0.166. The van der Waals surface area contributed by atoms with E-state index in [9.17, 15) is 4.79 Å². The molecular formula is C11H15BrN2O2. The molecule has 0 aromatic carbocycles. The summed E-state index contributed by atoms with van der Waals surface area (Å²) in [6.07, 6.45) is 0.0508. The molecule has 1 aromatic rings. The maximum absolute atomic E-state index is 11.5. The summed E-state index contributed by atoms with van der Waals surface area (Å²) in [4.78, 5) is 15.7. The van der Waals surface area contributed by atoms with Crippen LogP contribution in [0.25, 0.3) is 0 Å². The molecule has 0 aliphatic carbocycles. The van der Waals surface area contributed by atoms with E-state index in [-0.39, 0.29) is 18.6 Å². The molecule has 0 saturated carbocycles. The first-order valence-electron chi connectivity index (χ1n) is 5.03. The molecule has 1 rings (SSSR count). The molecule has 0 aliphatic heterocycles. The molecule has 1 amide bonds. The lowest BCUT2D eigenvalue weighted by Crippen LogP contribution is -2.21. The van der Waals surface area contributed by atoms with Crippen LogP contribution >= 0.6 is 15.9 Å². The summed E-state index contributed by atoms with van der Waals surface area (Å²) in [5, 5.41) is 2.75. The number of rotatable bonds is 4. The number of nitrogens with one attached hydrogen (secondary N) is 1. The van der Waals surface area contributed by atoms with Crippen LogP contribution in [0.4, 0.5) is 5.69 Å². The zero-order valence-corrected chi connectivity index (χ0v) is 11.2. The second-order valence-corrected chi connectivity index (χ2v) is 4.49. The van der Waals surface area contributed by atoms with Crippen LogP contribution in [0, 0.1) is 6.92 Å². The minimum absolute atomic E-state index is 0.0508. The van der Waals surface area contributed by atoms with Gasteiger partial charge in [0.2, 0.25) is 5.91 Å². The van der Waals surface area contributed by atoms with E-state index in [2.05, 4.69) is 26.2 Å². The molecular weight excluding hydrogens is 272 g/mol. The van der Waals surface area contributed by atoms with Crippen molar-refractivity contribution in [1.82, 2.24) is 4.98 Å². The fourth-order valence-electron chi connectivity index (χ4n) is 1.09. The Labute approximate surface area is 104 Å². The molecule has 0 atom stereocenters. The summed E-state index contributed by atoms with van der Waals surface area (Å²) in [7, 11) is 0. The van der Waals surface area contributed by atoms with Gasteiger partial charge in [0.15, 0.2) is 0 Å². The molecule has 88 valence electrons. The van der Waals surface area contributed by atoms with Gasteiger partial charge in [-0.25, -0.2) is 4.98 Å². The highest BCUT2D eigenvalue weighted by Gasteiger charge is 2.06. The predicted octanol–water partition coefficient (Wildman–Crippen LogP) is 2.52. The molecule has 0 fully saturated rings. The van der Waals surface area contributed by atoms with Crippen LogP contribution in [-0.2, 0) is 9.53 Å². The fraction of sp³-hybridized carbons (Fsp3) is 0.455. The average molecular weight is 287 g/mol. The van der Waals surface area contributed by atoms with Gasteiger partial charge >= 0.3 is 0 Å². The van der Waals surface area contributed by atoms with Gasteiger partial charge in [0.05, 0.1) is 17.5 Å². The van der Waals surface area contributed by atoms with Crippen LogP contribution < -0.4 is 5.32 Å². The molecule has 4 nitrogen and oxygen atoms in total. The average Bonchev–Trinajstić information content (AvgIpc) is 2.19. The molecule has 0 saturated heterocycles. The van der Waals surface area contributed by atoms with Gasteiger partial charge in [-0.2, -0.15) is 0 Å². The number of carbonyl (C=O) groups excluding carboxylic acids is 1. The van der Waals surface area contributed by atoms with Crippen molar-refractivity contribution in [2.75, 3.05) is 11.9 Å². The molecule has 1 aromatic heterocycles. The number of nitrogens with zero attached hydrogens (tertiary/aromatic N) is 1. The summed E-state index contributed by atoms with van der Waals surface area (Å²) >= 11 is 3.26. The van der Waals surface area contributed by atoms with Crippen molar-refractivity contribution in [2.24, 2.45) is 0 Å². The number of hydrogen-bond acceptors (Lipinski definition) is 3. The van der Waals surface area contributed by atoms with Gasteiger partial charge in [-0.05, 0) is 48.8 Å². The maximum Gasteiger partial charge on any atom is 0.250 e. The number of aryl methyl sites for hydroxylation is 1. The van der Waals surface area contributed by atoms with E-state index in [0.29, 0.717) is 5.69 Å². The number of carbonyl (C=O) groups is 1. The highest BCUT2D eigenvalue weighted by molar-refractivity contribution is 9.10. The van der Waals surface area contributed by atoms with Gasteiger partial charge in [-0.1, -0.05) is 0 Å². The van der Waals surface area contributed by atoms with E-state index in [1.54, 1.807) is 12.1 Å². The third-order valence-electron chi connectivity index (χ3n) is 1.87. The van der Waals surface area contributed by atoms with Crippen molar-refractivity contribution in [3.8, 4) is 0 Å². The first-order valence-corrected chi connectivity index (χ1v) is 5.83. The van der Waals surface area contributed by atoms with Gasteiger partial charge in [-0.3, -0.25) is 4.79 Å². The molecule has 0 bridgehead atoms. The Morgan fingerprint density at radius 3 is 2.81 bits per heavy atom. The lowest BCUT2D eigenvalue weighted by atomic mass is 10.3. The molecule has 0 unspecified atom stereocenters. The van der Waals surface area contributed by atoms with Gasteiger partial charge in [0, 0.05) is 0 Å². The van der Waals surface area contributed by atoms with E-state index in [1.807, 2.05) is 20.8 Å². The molecule has 0 spiro atoms. The number of ether oxygens (including phenoxy) is 1. The number of aromatic nitrogens is 1. The predicted molar refractivity (Wildman–Crippen MR) is 66.4 cm³/mol. The molecule has 1 N–H and O–H groups in total. The van der Waals surface area contributed by atoms with Crippen LogP contribution in [0.3, 0.4) is 0 Å². The number of anilines is 1. The Morgan fingerprint density at radius 1 is 1.56 bits per heavy atom. The molecule has 0 aliphatic rings. The monoisotopic (exact) mass is 286 g/mol.